The van der Waals surface area contributed by atoms with Crippen LogP contribution in [0.25, 0.3) is 0 Å². The zero-order valence-electron chi connectivity index (χ0n) is 10.0. The molecule has 0 bridgehead atoms. The highest BCUT2D eigenvalue weighted by molar-refractivity contribution is 5.79. The first-order valence-electron chi connectivity index (χ1n) is 6.49. The molecule has 1 aliphatic carbocycles. The third kappa shape index (κ3) is 5.76. The minimum atomic E-state index is 0.477. The van der Waals surface area contributed by atoms with Gasteiger partial charge in [0.15, 0.2) is 0 Å². The molecule has 1 aliphatic rings. The lowest BCUT2D eigenvalue weighted by Crippen LogP contribution is -2.13. The SMILES string of the molecule is CCCCC/C=C/CC1CCCC(=O)C1. The predicted octanol–water partition coefficient (Wildman–Crippen LogP) is 4.27. The normalized spacial score (nSPS) is 22.5. The molecule has 1 unspecified atom stereocenters. The second-order valence-corrected chi connectivity index (χ2v) is 4.70. The van der Waals surface area contributed by atoms with Gasteiger partial charge in [0.1, 0.15) is 5.78 Å². The number of carbonyl (C=O) groups is 1. The summed E-state index contributed by atoms with van der Waals surface area (Å²) in [6.45, 7) is 2.23. The smallest absolute Gasteiger partial charge is 0.133 e. The van der Waals surface area contributed by atoms with E-state index < -0.39 is 0 Å². The van der Waals surface area contributed by atoms with Crippen LogP contribution in [-0.2, 0) is 4.79 Å². The third-order valence-corrected chi connectivity index (χ3v) is 3.19. The van der Waals surface area contributed by atoms with Gasteiger partial charge in [-0.1, -0.05) is 31.9 Å². The molecule has 1 rings (SSSR count). The summed E-state index contributed by atoms with van der Waals surface area (Å²) in [7, 11) is 0. The second-order valence-electron chi connectivity index (χ2n) is 4.70. The highest BCUT2D eigenvalue weighted by atomic mass is 16.1. The van der Waals surface area contributed by atoms with Crippen molar-refractivity contribution in [2.75, 3.05) is 0 Å². The van der Waals surface area contributed by atoms with E-state index in [4.69, 9.17) is 0 Å². The molecular formula is C14H24O. The molecule has 0 aromatic heterocycles. The lowest BCUT2D eigenvalue weighted by molar-refractivity contribution is -0.121. The quantitative estimate of drug-likeness (QED) is 0.470. The average molecular weight is 208 g/mol. The number of unbranched alkanes of at least 4 members (excludes halogenated alkanes) is 3. The number of allylic oxidation sites excluding steroid dienone is 2. The molecule has 0 amide bonds. The van der Waals surface area contributed by atoms with Crippen LogP contribution in [-0.4, -0.2) is 5.78 Å². The Kier molecular flexibility index (Phi) is 6.38. The van der Waals surface area contributed by atoms with Gasteiger partial charge < -0.3 is 0 Å². The van der Waals surface area contributed by atoms with Gasteiger partial charge in [-0.05, 0) is 38.0 Å². The first-order valence-corrected chi connectivity index (χ1v) is 6.49. The Balaban J connectivity index is 2.05. The number of Topliss-reactive ketones (excluding diaryl/α,β-unsaturated/α-hetero) is 1. The molecule has 0 aromatic rings. The van der Waals surface area contributed by atoms with Gasteiger partial charge in [-0.2, -0.15) is 0 Å². The number of hydrogen-bond acceptors (Lipinski definition) is 1. The van der Waals surface area contributed by atoms with Gasteiger partial charge in [0.2, 0.25) is 0 Å². The van der Waals surface area contributed by atoms with Crippen molar-refractivity contribution in [1.29, 1.82) is 0 Å². The Morgan fingerprint density at radius 3 is 2.93 bits per heavy atom. The molecule has 1 nitrogen and oxygen atoms in total. The minimum absolute atomic E-state index is 0.477. The van der Waals surface area contributed by atoms with Crippen LogP contribution < -0.4 is 0 Å². The topological polar surface area (TPSA) is 17.1 Å². The Labute approximate surface area is 93.9 Å². The van der Waals surface area contributed by atoms with E-state index in [-0.39, 0.29) is 0 Å². The Morgan fingerprint density at radius 2 is 2.20 bits per heavy atom. The average Bonchev–Trinajstić information content (AvgIpc) is 2.23. The fraction of sp³-hybridized carbons (Fsp3) is 0.786. The molecule has 0 aromatic carbocycles. The molecule has 1 heteroatoms. The van der Waals surface area contributed by atoms with Crippen LogP contribution in [0.4, 0.5) is 0 Å². The Hall–Kier alpha value is -0.590. The summed E-state index contributed by atoms with van der Waals surface area (Å²) in [5.74, 6) is 1.12. The molecule has 1 fully saturated rings. The Bertz CT molecular complexity index is 205. The Morgan fingerprint density at radius 1 is 1.33 bits per heavy atom. The summed E-state index contributed by atoms with van der Waals surface area (Å²) in [6, 6.07) is 0. The van der Waals surface area contributed by atoms with Gasteiger partial charge in [-0.3, -0.25) is 4.79 Å². The van der Waals surface area contributed by atoms with Gasteiger partial charge in [0, 0.05) is 12.8 Å². The highest BCUT2D eigenvalue weighted by Gasteiger charge is 2.17. The maximum absolute atomic E-state index is 11.2. The molecule has 0 heterocycles. The molecule has 1 saturated carbocycles. The van der Waals surface area contributed by atoms with Crippen LogP contribution in [0.3, 0.4) is 0 Å². The van der Waals surface area contributed by atoms with Gasteiger partial charge in [0.05, 0.1) is 0 Å². The summed E-state index contributed by atoms with van der Waals surface area (Å²) < 4.78 is 0. The molecule has 1 atom stereocenters. The molecular weight excluding hydrogens is 184 g/mol. The largest absolute Gasteiger partial charge is 0.300 e. The van der Waals surface area contributed by atoms with Crippen molar-refractivity contribution in [3.8, 4) is 0 Å². The van der Waals surface area contributed by atoms with Gasteiger partial charge in [-0.15, -0.1) is 0 Å². The van der Waals surface area contributed by atoms with Crippen molar-refractivity contribution in [2.24, 2.45) is 5.92 Å². The number of ketones is 1. The van der Waals surface area contributed by atoms with Crippen LogP contribution in [0.15, 0.2) is 12.2 Å². The maximum Gasteiger partial charge on any atom is 0.133 e. The third-order valence-electron chi connectivity index (χ3n) is 3.19. The monoisotopic (exact) mass is 208 g/mol. The van der Waals surface area contributed by atoms with E-state index in [1.807, 2.05) is 0 Å². The van der Waals surface area contributed by atoms with Crippen LogP contribution in [0, 0.1) is 5.92 Å². The molecule has 0 saturated heterocycles. The van der Waals surface area contributed by atoms with Crippen molar-refractivity contribution < 1.29 is 4.79 Å². The zero-order valence-corrected chi connectivity index (χ0v) is 10.0. The summed E-state index contributed by atoms with van der Waals surface area (Å²) in [6.07, 6.45) is 14.9. The van der Waals surface area contributed by atoms with Gasteiger partial charge in [0.25, 0.3) is 0 Å². The van der Waals surface area contributed by atoms with Crippen LogP contribution >= 0.6 is 0 Å². The van der Waals surface area contributed by atoms with E-state index in [1.165, 1.54) is 32.1 Å². The number of carbonyl (C=O) groups excluding carboxylic acids is 1. The first-order chi connectivity index (χ1) is 7.33. The van der Waals surface area contributed by atoms with Gasteiger partial charge in [-0.25, -0.2) is 0 Å². The fourth-order valence-electron chi connectivity index (χ4n) is 2.23. The van der Waals surface area contributed by atoms with Gasteiger partial charge >= 0.3 is 0 Å². The predicted molar refractivity (Wildman–Crippen MR) is 64.9 cm³/mol. The van der Waals surface area contributed by atoms with E-state index in [0.29, 0.717) is 11.7 Å². The standard InChI is InChI=1S/C14H24O/c1-2-3-4-5-6-7-9-13-10-8-11-14(15)12-13/h6-7,13H,2-5,8-12H2,1H3/b7-6+. The molecule has 0 aliphatic heterocycles. The molecule has 86 valence electrons. The summed E-state index contributed by atoms with van der Waals surface area (Å²) in [5, 5.41) is 0. The van der Waals surface area contributed by atoms with Crippen molar-refractivity contribution in [3.05, 3.63) is 12.2 Å². The summed E-state index contributed by atoms with van der Waals surface area (Å²) >= 11 is 0. The van der Waals surface area contributed by atoms with E-state index >= 15 is 0 Å². The minimum Gasteiger partial charge on any atom is -0.300 e. The number of hydrogen-bond donors (Lipinski definition) is 0. The van der Waals surface area contributed by atoms with Crippen LogP contribution in [0.1, 0.15) is 64.7 Å². The zero-order chi connectivity index (χ0) is 10.9. The van der Waals surface area contributed by atoms with E-state index in [1.54, 1.807) is 0 Å². The molecule has 0 radical (unpaired) electrons. The van der Waals surface area contributed by atoms with Crippen molar-refractivity contribution in [1.82, 2.24) is 0 Å². The fourth-order valence-corrected chi connectivity index (χ4v) is 2.23. The molecule has 0 N–H and O–H groups in total. The second kappa shape index (κ2) is 7.67. The maximum atomic E-state index is 11.2. The highest BCUT2D eigenvalue weighted by Crippen LogP contribution is 2.24. The lowest BCUT2D eigenvalue weighted by Gasteiger charge is -2.18. The molecule has 0 spiro atoms. The van der Waals surface area contributed by atoms with Crippen molar-refractivity contribution in [2.45, 2.75) is 64.7 Å². The van der Waals surface area contributed by atoms with Crippen LogP contribution in [0.5, 0.6) is 0 Å². The lowest BCUT2D eigenvalue weighted by atomic mass is 9.86. The summed E-state index contributed by atoms with van der Waals surface area (Å²) in [5.41, 5.74) is 0. The van der Waals surface area contributed by atoms with E-state index in [2.05, 4.69) is 19.1 Å². The van der Waals surface area contributed by atoms with E-state index in [0.717, 1.165) is 25.7 Å². The first kappa shape index (κ1) is 12.5. The number of rotatable bonds is 6. The van der Waals surface area contributed by atoms with E-state index in [9.17, 15) is 4.79 Å². The van der Waals surface area contributed by atoms with Crippen molar-refractivity contribution in [3.63, 3.8) is 0 Å². The summed E-state index contributed by atoms with van der Waals surface area (Å²) in [4.78, 5) is 11.2. The van der Waals surface area contributed by atoms with Crippen LogP contribution in [0.2, 0.25) is 0 Å². The molecule has 15 heavy (non-hydrogen) atoms. The van der Waals surface area contributed by atoms with Crippen molar-refractivity contribution >= 4 is 5.78 Å².